The number of aliphatic hydroxyl groups is 1. The second kappa shape index (κ2) is 11.2. The summed E-state index contributed by atoms with van der Waals surface area (Å²) in [5.41, 5.74) is 5.99. The first-order chi connectivity index (χ1) is 15.9. The van der Waals surface area contributed by atoms with E-state index in [0.717, 1.165) is 0 Å². The summed E-state index contributed by atoms with van der Waals surface area (Å²) in [6.45, 7) is 0.348. The van der Waals surface area contributed by atoms with Gasteiger partial charge < -0.3 is 35.8 Å². The second-order valence-electron chi connectivity index (χ2n) is 7.68. The van der Waals surface area contributed by atoms with Gasteiger partial charge in [0, 0.05) is 30.4 Å². The van der Waals surface area contributed by atoms with E-state index in [1.807, 2.05) is 0 Å². The number of aliphatic hydroxyl groups excluding tert-OH is 1. The number of nitrogens with one attached hydrogen (secondary N) is 2. The predicted octanol–water partition coefficient (Wildman–Crippen LogP) is 1.35. The summed E-state index contributed by atoms with van der Waals surface area (Å²) < 4.78 is 10.4. The Morgan fingerprint density at radius 3 is 2.61 bits per heavy atom. The largest absolute Gasteiger partial charge is 0.497 e. The highest BCUT2D eigenvalue weighted by Gasteiger charge is 2.29. The third kappa shape index (κ3) is 6.84. The Kier molecular flexibility index (Phi) is 8.09. The van der Waals surface area contributed by atoms with Crippen molar-refractivity contribution in [3.8, 4) is 11.5 Å². The molecule has 33 heavy (non-hydrogen) atoms. The second-order valence-corrected chi connectivity index (χ2v) is 7.68. The molecular weight excluding hydrogens is 428 g/mol. The summed E-state index contributed by atoms with van der Waals surface area (Å²) >= 11 is 0. The van der Waals surface area contributed by atoms with Gasteiger partial charge in [-0.15, -0.1) is 0 Å². The molecule has 1 aliphatic rings. The highest BCUT2D eigenvalue weighted by Crippen LogP contribution is 2.19. The molecule has 4 amide bonds. The van der Waals surface area contributed by atoms with Crippen LogP contribution in [0.25, 0.3) is 0 Å². The molecule has 3 rings (SSSR count). The van der Waals surface area contributed by atoms with Crippen molar-refractivity contribution < 1.29 is 29.0 Å². The number of anilines is 1. The highest BCUT2D eigenvalue weighted by molar-refractivity contribution is 5.94. The molecule has 0 unspecified atom stereocenters. The first-order valence-corrected chi connectivity index (χ1v) is 10.6. The molecule has 2 aromatic rings. The van der Waals surface area contributed by atoms with Gasteiger partial charge in [0.1, 0.15) is 11.5 Å². The lowest BCUT2D eigenvalue weighted by Crippen LogP contribution is -2.50. The lowest BCUT2D eigenvalue weighted by molar-refractivity contribution is -0.119. The Labute approximate surface area is 191 Å². The monoisotopic (exact) mass is 456 g/mol. The van der Waals surface area contributed by atoms with Crippen molar-refractivity contribution in [2.24, 2.45) is 5.73 Å². The molecule has 10 nitrogen and oxygen atoms in total. The number of primary amides is 1. The fourth-order valence-corrected chi connectivity index (χ4v) is 3.48. The lowest BCUT2D eigenvalue weighted by Gasteiger charge is -2.27. The summed E-state index contributed by atoms with van der Waals surface area (Å²) in [5, 5.41) is 16.2. The van der Waals surface area contributed by atoms with Crippen molar-refractivity contribution in [1.82, 2.24) is 10.2 Å². The molecule has 0 aromatic heterocycles. The maximum atomic E-state index is 12.8. The molecule has 2 aromatic carbocycles. The van der Waals surface area contributed by atoms with E-state index in [1.54, 1.807) is 60.5 Å². The molecule has 176 valence electrons. The van der Waals surface area contributed by atoms with Crippen LogP contribution >= 0.6 is 0 Å². The van der Waals surface area contributed by atoms with Crippen LogP contribution in [0.2, 0.25) is 0 Å². The maximum absolute atomic E-state index is 12.8. The Hall–Kier alpha value is -3.79. The van der Waals surface area contributed by atoms with Crippen molar-refractivity contribution in [3.63, 3.8) is 0 Å². The van der Waals surface area contributed by atoms with E-state index in [1.165, 1.54) is 0 Å². The predicted molar refractivity (Wildman–Crippen MR) is 121 cm³/mol. The first-order valence-electron chi connectivity index (χ1n) is 10.6. The maximum Gasteiger partial charge on any atom is 0.321 e. The van der Waals surface area contributed by atoms with Crippen LogP contribution in [0, 0.1) is 0 Å². The van der Waals surface area contributed by atoms with Crippen molar-refractivity contribution in [3.05, 3.63) is 54.1 Å². The van der Waals surface area contributed by atoms with Gasteiger partial charge in [-0.1, -0.05) is 6.07 Å². The number of nitrogens with zero attached hydrogens (tertiary/aromatic N) is 1. The van der Waals surface area contributed by atoms with Gasteiger partial charge in [0.15, 0.2) is 6.61 Å². The van der Waals surface area contributed by atoms with Crippen LogP contribution < -0.4 is 25.8 Å². The van der Waals surface area contributed by atoms with Gasteiger partial charge in [-0.3, -0.25) is 9.59 Å². The van der Waals surface area contributed by atoms with Crippen molar-refractivity contribution >= 4 is 23.5 Å². The fourth-order valence-electron chi connectivity index (χ4n) is 3.48. The van der Waals surface area contributed by atoms with Gasteiger partial charge in [-0.2, -0.15) is 0 Å². The first kappa shape index (κ1) is 23.9. The number of carbonyl (C=O) groups is 3. The number of ether oxygens (including phenoxy) is 2. The number of amides is 4. The molecule has 1 fully saturated rings. The molecule has 0 bridgehead atoms. The third-order valence-corrected chi connectivity index (χ3v) is 5.23. The Morgan fingerprint density at radius 2 is 1.91 bits per heavy atom. The number of methoxy groups -OCH3 is 1. The zero-order valence-electron chi connectivity index (χ0n) is 18.3. The number of rotatable bonds is 7. The zero-order chi connectivity index (χ0) is 23.8. The third-order valence-electron chi connectivity index (χ3n) is 5.23. The fraction of sp³-hybridized carbons (Fsp3) is 0.348. The van der Waals surface area contributed by atoms with E-state index in [2.05, 4.69) is 10.6 Å². The molecule has 5 N–H and O–H groups in total. The van der Waals surface area contributed by atoms with E-state index in [4.69, 9.17) is 15.2 Å². The SMILES string of the molecule is COc1cccc(NC(=O)N2CCC[C@@H](O)[C@H](NC(=O)c3ccc(OCC(N)=O)cc3)C2)c1. The summed E-state index contributed by atoms with van der Waals surface area (Å²) in [6.07, 6.45) is 0.264. The van der Waals surface area contributed by atoms with Crippen LogP contribution in [-0.2, 0) is 4.79 Å². The van der Waals surface area contributed by atoms with E-state index in [0.29, 0.717) is 42.1 Å². The Balaban J connectivity index is 1.62. The zero-order valence-corrected chi connectivity index (χ0v) is 18.3. The topological polar surface area (TPSA) is 143 Å². The van der Waals surface area contributed by atoms with E-state index < -0.39 is 24.0 Å². The number of hydrogen-bond acceptors (Lipinski definition) is 6. The average Bonchev–Trinajstić information content (AvgIpc) is 2.99. The van der Waals surface area contributed by atoms with Crippen LogP contribution in [0.1, 0.15) is 23.2 Å². The molecule has 10 heteroatoms. The van der Waals surface area contributed by atoms with Crippen molar-refractivity contribution in [2.45, 2.75) is 25.0 Å². The van der Waals surface area contributed by atoms with E-state index in [9.17, 15) is 19.5 Å². The lowest BCUT2D eigenvalue weighted by atomic mass is 10.1. The Bertz CT molecular complexity index is 981. The molecule has 1 heterocycles. The standard InChI is InChI=1S/C23H28N4O6/c1-32-18-5-2-4-16(12-18)25-23(31)27-11-3-6-20(28)19(13-27)26-22(30)15-7-9-17(10-8-15)33-14-21(24)29/h2,4-5,7-10,12,19-20,28H,3,6,11,13-14H2,1H3,(H2,24,29)(H,25,31)(H,26,30)/t19-,20-/m1/s1. The molecule has 0 spiro atoms. The van der Waals surface area contributed by atoms with Gasteiger partial charge in [0.05, 0.1) is 19.3 Å². The highest BCUT2D eigenvalue weighted by atomic mass is 16.5. The number of urea groups is 1. The summed E-state index contributed by atoms with van der Waals surface area (Å²) in [6, 6.07) is 12.2. The number of hydrogen-bond donors (Lipinski definition) is 4. The van der Waals surface area contributed by atoms with Crippen molar-refractivity contribution in [1.29, 1.82) is 0 Å². The van der Waals surface area contributed by atoms with Gasteiger partial charge >= 0.3 is 6.03 Å². The number of carbonyl (C=O) groups excluding carboxylic acids is 3. The molecular formula is C23H28N4O6. The van der Waals surface area contributed by atoms with Crippen LogP contribution in [0.15, 0.2) is 48.5 Å². The number of likely N-dealkylation sites (tertiary alicyclic amines) is 1. The van der Waals surface area contributed by atoms with E-state index >= 15 is 0 Å². The molecule has 0 aliphatic carbocycles. The summed E-state index contributed by atoms with van der Waals surface area (Å²) in [4.78, 5) is 37.9. The van der Waals surface area contributed by atoms with Gasteiger partial charge in [-0.25, -0.2) is 4.79 Å². The molecule has 1 aliphatic heterocycles. The van der Waals surface area contributed by atoms with Gasteiger partial charge in [0.25, 0.3) is 11.8 Å². The quantitative estimate of drug-likeness (QED) is 0.495. The minimum Gasteiger partial charge on any atom is -0.497 e. The minimum absolute atomic E-state index is 0.155. The smallest absolute Gasteiger partial charge is 0.321 e. The van der Waals surface area contributed by atoms with Crippen LogP contribution in [0.4, 0.5) is 10.5 Å². The summed E-state index contributed by atoms with van der Waals surface area (Å²) in [7, 11) is 1.55. The van der Waals surface area contributed by atoms with Gasteiger partial charge in [-0.05, 0) is 49.2 Å². The average molecular weight is 456 g/mol. The van der Waals surface area contributed by atoms with Crippen LogP contribution in [0.3, 0.4) is 0 Å². The molecule has 0 radical (unpaired) electrons. The normalized spacial score (nSPS) is 18.1. The van der Waals surface area contributed by atoms with Crippen molar-refractivity contribution in [2.75, 3.05) is 32.1 Å². The molecule has 2 atom stereocenters. The van der Waals surface area contributed by atoms with Gasteiger partial charge in [0.2, 0.25) is 0 Å². The van der Waals surface area contributed by atoms with E-state index in [-0.39, 0.29) is 19.2 Å². The number of nitrogens with two attached hydrogens (primary N) is 1. The van der Waals surface area contributed by atoms with Crippen LogP contribution in [-0.4, -0.2) is 66.8 Å². The number of benzene rings is 2. The van der Waals surface area contributed by atoms with Crippen LogP contribution in [0.5, 0.6) is 11.5 Å². The summed E-state index contributed by atoms with van der Waals surface area (Å²) in [5.74, 6) is 0.0326. The molecule has 0 saturated carbocycles. The molecule has 1 saturated heterocycles. The minimum atomic E-state index is -0.790. The Morgan fingerprint density at radius 1 is 1.15 bits per heavy atom.